The number of carbonyl (C=O) groups is 1. The molecule has 3 heteroatoms. The number of allylic oxidation sites excluding steroid dienone is 3. The second-order valence-corrected chi connectivity index (χ2v) is 5.85. The van der Waals surface area contributed by atoms with Gasteiger partial charge in [0.1, 0.15) is 0 Å². The largest absolute Gasteiger partial charge is 0.335 e. The lowest BCUT2D eigenvalue weighted by Crippen LogP contribution is -2.16. The number of benzene rings is 1. The van der Waals surface area contributed by atoms with Gasteiger partial charge in [-0.15, -0.1) is 0 Å². The maximum Gasteiger partial charge on any atom is 0.158 e. The molecule has 0 aromatic heterocycles. The highest BCUT2D eigenvalue weighted by atomic mass is 32.2. The first-order valence-corrected chi connectivity index (χ1v) is 7.59. The molecular formula is C16H17NOS. The third kappa shape index (κ3) is 2.35. The van der Waals surface area contributed by atoms with Crippen molar-refractivity contribution >= 4 is 23.2 Å². The molecule has 1 heterocycles. The zero-order chi connectivity index (χ0) is 13.2. The van der Waals surface area contributed by atoms with E-state index < -0.39 is 0 Å². The van der Waals surface area contributed by atoms with Crippen LogP contribution in [0.15, 0.2) is 51.9 Å². The Morgan fingerprint density at radius 1 is 1.26 bits per heavy atom. The molecular weight excluding hydrogens is 254 g/mol. The third-order valence-corrected chi connectivity index (χ3v) is 4.72. The summed E-state index contributed by atoms with van der Waals surface area (Å²) in [7, 11) is 0. The van der Waals surface area contributed by atoms with Gasteiger partial charge in [0.15, 0.2) is 5.78 Å². The van der Waals surface area contributed by atoms with Crippen molar-refractivity contribution in [3.8, 4) is 0 Å². The Hall–Kier alpha value is -1.48. The molecule has 2 nitrogen and oxygen atoms in total. The van der Waals surface area contributed by atoms with Gasteiger partial charge in [0.2, 0.25) is 0 Å². The molecule has 1 aliphatic carbocycles. The molecule has 0 bridgehead atoms. The van der Waals surface area contributed by atoms with Crippen LogP contribution < -0.4 is 4.90 Å². The number of ketones is 1. The van der Waals surface area contributed by atoms with Gasteiger partial charge in [0, 0.05) is 17.9 Å². The smallest absolute Gasteiger partial charge is 0.158 e. The summed E-state index contributed by atoms with van der Waals surface area (Å²) in [5.41, 5.74) is 2.26. The van der Waals surface area contributed by atoms with E-state index in [1.807, 2.05) is 6.08 Å². The summed E-state index contributed by atoms with van der Waals surface area (Å²) in [6.07, 6.45) is 6.80. The number of nitrogens with zero attached hydrogens (tertiary/aromatic N) is 1. The van der Waals surface area contributed by atoms with Crippen molar-refractivity contribution in [3.05, 3.63) is 47.0 Å². The fourth-order valence-corrected chi connectivity index (χ4v) is 3.72. The number of carbonyl (C=O) groups excluding carboxylic acids is 1. The molecule has 0 unspecified atom stereocenters. The van der Waals surface area contributed by atoms with Crippen molar-refractivity contribution in [2.24, 2.45) is 0 Å². The number of hydrogen-bond donors (Lipinski definition) is 0. The Bertz CT molecular complexity index is 574. The van der Waals surface area contributed by atoms with Crippen LogP contribution in [-0.2, 0) is 4.79 Å². The van der Waals surface area contributed by atoms with Gasteiger partial charge in [-0.2, -0.15) is 0 Å². The Morgan fingerprint density at radius 3 is 2.84 bits per heavy atom. The molecule has 0 N–H and O–H groups in total. The Balaban J connectivity index is 1.89. The number of fused-ring (bicyclic) bond motifs is 1. The monoisotopic (exact) mass is 271 g/mol. The normalized spacial score (nSPS) is 22.6. The van der Waals surface area contributed by atoms with E-state index in [9.17, 15) is 4.79 Å². The topological polar surface area (TPSA) is 20.3 Å². The van der Waals surface area contributed by atoms with Crippen LogP contribution in [0.3, 0.4) is 0 Å². The predicted octanol–water partition coefficient (Wildman–Crippen LogP) is 4.14. The van der Waals surface area contributed by atoms with E-state index in [1.165, 1.54) is 15.6 Å². The molecule has 0 atom stereocenters. The Labute approximate surface area is 118 Å². The second-order valence-electron chi connectivity index (χ2n) is 4.79. The molecule has 0 spiro atoms. The lowest BCUT2D eigenvalue weighted by molar-refractivity contribution is -0.114. The van der Waals surface area contributed by atoms with Gasteiger partial charge >= 0.3 is 0 Å². The van der Waals surface area contributed by atoms with Crippen molar-refractivity contribution in [2.45, 2.75) is 31.1 Å². The molecule has 3 rings (SSSR count). The summed E-state index contributed by atoms with van der Waals surface area (Å²) in [6.45, 7) is 3.11. The van der Waals surface area contributed by atoms with Gasteiger partial charge in [-0.05, 0) is 43.5 Å². The fraction of sp³-hybridized carbons (Fsp3) is 0.312. The molecule has 1 aliphatic heterocycles. The number of rotatable bonds is 2. The minimum atomic E-state index is 0.320. The van der Waals surface area contributed by atoms with E-state index in [0.29, 0.717) is 5.78 Å². The third-order valence-electron chi connectivity index (χ3n) is 3.59. The molecule has 1 aromatic rings. The Kier molecular flexibility index (Phi) is 3.47. The standard InChI is InChI=1S/C16H17NOS/c1-2-17-13-7-3-4-9-15(13)19-16(17)11-10-12-6-5-8-14(12)18/h3-4,7,9-11H,2,5-6,8H2,1H3. The first-order chi connectivity index (χ1) is 9.29. The zero-order valence-corrected chi connectivity index (χ0v) is 11.9. The van der Waals surface area contributed by atoms with Crippen molar-refractivity contribution in [3.63, 3.8) is 0 Å². The summed E-state index contributed by atoms with van der Waals surface area (Å²) < 4.78 is 0. The highest BCUT2D eigenvalue weighted by molar-refractivity contribution is 8.03. The lowest BCUT2D eigenvalue weighted by Gasteiger charge is -2.17. The lowest BCUT2D eigenvalue weighted by atomic mass is 10.2. The van der Waals surface area contributed by atoms with Crippen LogP contribution in [0.1, 0.15) is 26.2 Å². The number of thioether (sulfide) groups is 1. The van der Waals surface area contributed by atoms with Gasteiger partial charge < -0.3 is 4.90 Å². The van der Waals surface area contributed by atoms with E-state index in [1.54, 1.807) is 11.8 Å². The number of hydrogen-bond acceptors (Lipinski definition) is 3. The minimum Gasteiger partial charge on any atom is -0.335 e. The summed E-state index contributed by atoms with van der Waals surface area (Å²) in [4.78, 5) is 15.2. The molecule has 2 aliphatic rings. The summed E-state index contributed by atoms with van der Waals surface area (Å²) in [6, 6.07) is 8.45. The van der Waals surface area contributed by atoms with E-state index in [2.05, 4.69) is 42.2 Å². The summed E-state index contributed by atoms with van der Waals surface area (Å²) in [5.74, 6) is 0.320. The van der Waals surface area contributed by atoms with Crippen LogP contribution in [0.25, 0.3) is 0 Å². The molecule has 1 aromatic carbocycles. The summed E-state index contributed by atoms with van der Waals surface area (Å²) in [5, 5.41) is 1.22. The highest BCUT2D eigenvalue weighted by Crippen LogP contribution is 2.45. The maximum absolute atomic E-state index is 11.6. The second kappa shape index (κ2) is 5.25. The van der Waals surface area contributed by atoms with Crippen LogP contribution in [0.4, 0.5) is 5.69 Å². The zero-order valence-electron chi connectivity index (χ0n) is 11.1. The number of Topliss-reactive ketones (excluding diaryl/α,β-unsaturated/α-hetero) is 1. The maximum atomic E-state index is 11.6. The Morgan fingerprint density at radius 2 is 2.11 bits per heavy atom. The molecule has 19 heavy (non-hydrogen) atoms. The van der Waals surface area contributed by atoms with Crippen molar-refractivity contribution < 1.29 is 4.79 Å². The first kappa shape index (κ1) is 12.5. The van der Waals surface area contributed by atoms with Crippen LogP contribution in [0, 0.1) is 0 Å². The van der Waals surface area contributed by atoms with Gasteiger partial charge in [0.05, 0.1) is 10.7 Å². The van der Waals surface area contributed by atoms with Crippen molar-refractivity contribution in [1.29, 1.82) is 0 Å². The average Bonchev–Trinajstić information content (AvgIpc) is 2.99. The van der Waals surface area contributed by atoms with Gasteiger partial charge in [-0.1, -0.05) is 30.0 Å². The van der Waals surface area contributed by atoms with Crippen LogP contribution in [0.2, 0.25) is 0 Å². The van der Waals surface area contributed by atoms with E-state index in [0.717, 1.165) is 31.4 Å². The average molecular weight is 271 g/mol. The quantitative estimate of drug-likeness (QED) is 0.754. The van der Waals surface area contributed by atoms with Gasteiger partial charge in [-0.3, -0.25) is 4.79 Å². The molecule has 1 fully saturated rings. The van der Waals surface area contributed by atoms with E-state index >= 15 is 0 Å². The van der Waals surface area contributed by atoms with Crippen LogP contribution >= 0.6 is 11.8 Å². The van der Waals surface area contributed by atoms with Crippen LogP contribution in [-0.4, -0.2) is 12.3 Å². The van der Waals surface area contributed by atoms with E-state index in [4.69, 9.17) is 0 Å². The molecule has 98 valence electrons. The number of para-hydroxylation sites is 1. The molecule has 0 amide bonds. The predicted molar refractivity (Wildman–Crippen MR) is 80.3 cm³/mol. The fourth-order valence-electron chi connectivity index (χ4n) is 2.59. The SMILES string of the molecule is CCN1C(=CC=C2CCCC2=O)Sc2ccccc21. The van der Waals surface area contributed by atoms with Crippen LogP contribution in [0.5, 0.6) is 0 Å². The summed E-state index contributed by atoms with van der Waals surface area (Å²) >= 11 is 1.78. The highest BCUT2D eigenvalue weighted by Gasteiger charge is 2.23. The van der Waals surface area contributed by atoms with E-state index in [-0.39, 0.29) is 0 Å². The molecule has 1 saturated carbocycles. The van der Waals surface area contributed by atoms with Gasteiger partial charge in [-0.25, -0.2) is 0 Å². The van der Waals surface area contributed by atoms with Gasteiger partial charge in [0.25, 0.3) is 0 Å². The van der Waals surface area contributed by atoms with Crippen molar-refractivity contribution in [2.75, 3.05) is 11.4 Å². The van der Waals surface area contributed by atoms with Crippen molar-refractivity contribution in [1.82, 2.24) is 0 Å². The number of anilines is 1. The minimum absolute atomic E-state index is 0.320. The first-order valence-electron chi connectivity index (χ1n) is 6.78. The molecule has 0 radical (unpaired) electrons. The molecule has 0 saturated heterocycles.